The molecule has 0 saturated heterocycles. The van der Waals surface area contributed by atoms with Crippen LogP contribution in [0.5, 0.6) is 0 Å². The standard InChI is InChI=1S/C14H19NS/c1-4-11-15-14(5-2)12-7-9-13(10-8-12)16-6-3/h2,7-10,14-15H,4,6,11H2,1,3H3. The van der Waals surface area contributed by atoms with E-state index in [-0.39, 0.29) is 6.04 Å². The summed E-state index contributed by atoms with van der Waals surface area (Å²) in [6.07, 6.45) is 6.62. The fourth-order valence-corrected chi connectivity index (χ4v) is 2.15. The predicted molar refractivity (Wildman–Crippen MR) is 72.7 cm³/mol. The van der Waals surface area contributed by atoms with Crippen LogP contribution in [-0.2, 0) is 0 Å². The summed E-state index contributed by atoms with van der Waals surface area (Å²) in [7, 11) is 0. The van der Waals surface area contributed by atoms with Gasteiger partial charge in [0.05, 0.1) is 6.04 Å². The van der Waals surface area contributed by atoms with E-state index in [0.717, 1.165) is 18.7 Å². The van der Waals surface area contributed by atoms with Crippen LogP contribution in [-0.4, -0.2) is 12.3 Å². The second-order valence-electron chi connectivity index (χ2n) is 3.56. The molecule has 1 atom stereocenters. The molecule has 1 unspecified atom stereocenters. The van der Waals surface area contributed by atoms with Crippen molar-refractivity contribution in [2.75, 3.05) is 12.3 Å². The molecule has 0 aliphatic rings. The maximum absolute atomic E-state index is 5.52. The summed E-state index contributed by atoms with van der Waals surface area (Å²) in [5, 5.41) is 3.34. The van der Waals surface area contributed by atoms with Crippen LogP contribution in [0.1, 0.15) is 31.9 Å². The van der Waals surface area contributed by atoms with Gasteiger partial charge in [0.1, 0.15) is 0 Å². The highest BCUT2D eigenvalue weighted by molar-refractivity contribution is 7.99. The van der Waals surface area contributed by atoms with E-state index in [0.29, 0.717) is 0 Å². The van der Waals surface area contributed by atoms with Crippen LogP contribution in [0.3, 0.4) is 0 Å². The van der Waals surface area contributed by atoms with Gasteiger partial charge in [0.15, 0.2) is 0 Å². The molecule has 1 N–H and O–H groups in total. The first-order valence-corrected chi connectivity index (χ1v) is 6.72. The van der Waals surface area contributed by atoms with E-state index in [1.54, 1.807) is 0 Å². The molecule has 0 saturated carbocycles. The van der Waals surface area contributed by atoms with Gasteiger partial charge in [0.2, 0.25) is 0 Å². The van der Waals surface area contributed by atoms with Crippen LogP contribution in [0.4, 0.5) is 0 Å². The summed E-state index contributed by atoms with van der Waals surface area (Å²) >= 11 is 1.85. The largest absolute Gasteiger partial charge is 0.300 e. The van der Waals surface area contributed by atoms with E-state index >= 15 is 0 Å². The van der Waals surface area contributed by atoms with Crippen molar-refractivity contribution in [2.45, 2.75) is 31.2 Å². The lowest BCUT2D eigenvalue weighted by molar-refractivity contribution is 0.626. The van der Waals surface area contributed by atoms with Crippen molar-refractivity contribution in [1.82, 2.24) is 5.32 Å². The zero-order valence-corrected chi connectivity index (χ0v) is 10.8. The first kappa shape index (κ1) is 13.2. The summed E-state index contributed by atoms with van der Waals surface area (Å²) in [6.45, 7) is 5.26. The first-order valence-electron chi connectivity index (χ1n) is 5.74. The maximum atomic E-state index is 5.52. The van der Waals surface area contributed by atoms with E-state index in [2.05, 4.69) is 49.4 Å². The number of rotatable bonds is 6. The third-order valence-electron chi connectivity index (χ3n) is 2.29. The lowest BCUT2D eigenvalue weighted by Gasteiger charge is -2.13. The van der Waals surface area contributed by atoms with Gasteiger partial charge in [-0.2, -0.15) is 0 Å². The smallest absolute Gasteiger partial charge is 0.0943 e. The highest BCUT2D eigenvalue weighted by Crippen LogP contribution is 2.20. The second kappa shape index (κ2) is 7.38. The molecule has 0 aromatic heterocycles. The lowest BCUT2D eigenvalue weighted by atomic mass is 10.1. The van der Waals surface area contributed by atoms with Crippen LogP contribution < -0.4 is 5.32 Å². The Kier molecular flexibility index (Phi) is 6.07. The zero-order chi connectivity index (χ0) is 11.8. The number of nitrogens with one attached hydrogen (secondary N) is 1. The lowest BCUT2D eigenvalue weighted by Crippen LogP contribution is -2.20. The molecule has 1 nitrogen and oxygen atoms in total. The summed E-state index contributed by atoms with van der Waals surface area (Å²) in [5.74, 6) is 3.89. The highest BCUT2D eigenvalue weighted by Gasteiger charge is 2.06. The number of thioether (sulfide) groups is 1. The topological polar surface area (TPSA) is 12.0 Å². The van der Waals surface area contributed by atoms with Crippen LogP contribution in [0, 0.1) is 12.3 Å². The molecule has 0 aliphatic heterocycles. The average molecular weight is 233 g/mol. The van der Waals surface area contributed by atoms with E-state index in [1.165, 1.54) is 10.5 Å². The van der Waals surface area contributed by atoms with Crippen molar-refractivity contribution < 1.29 is 0 Å². The van der Waals surface area contributed by atoms with Crippen molar-refractivity contribution in [3.63, 3.8) is 0 Å². The summed E-state index contributed by atoms with van der Waals surface area (Å²) in [6, 6.07) is 8.56. The predicted octanol–water partition coefficient (Wildman–Crippen LogP) is 3.47. The minimum Gasteiger partial charge on any atom is -0.300 e. The molecule has 1 rings (SSSR count). The number of hydrogen-bond donors (Lipinski definition) is 1. The molecule has 0 amide bonds. The van der Waals surface area contributed by atoms with Crippen LogP contribution in [0.25, 0.3) is 0 Å². The third-order valence-corrected chi connectivity index (χ3v) is 3.18. The molecule has 1 aromatic rings. The Bertz CT molecular complexity index is 337. The van der Waals surface area contributed by atoms with Gasteiger partial charge in [0, 0.05) is 4.90 Å². The van der Waals surface area contributed by atoms with Crippen LogP contribution >= 0.6 is 11.8 Å². The molecule has 16 heavy (non-hydrogen) atoms. The normalized spacial score (nSPS) is 12.1. The van der Waals surface area contributed by atoms with Gasteiger partial charge in [-0.15, -0.1) is 18.2 Å². The van der Waals surface area contributed by atoms with Crippen molar-refractivity contribution in [2.24, 2.45) is 0 Å². The van der Waals surface area contributed by atoms with Gasteiger partial charge in [0.25, 0.3) is 0 Å². The van der Waals surface area contributed by atoms with Gasteiger partial charge in [-0.25, -0.2) is 0 Å². The fraction of sp³-hybridized carbons (Fsp3) is 0.429. The minimum absolute atomic E-state index is 0.0422. The molecule has 0 heterocycles. The van der Waals surface area contributed by atoms with Crippen molar-refractivity contribution in [1.29, 1.82) is 0 Å². The molecule has 2 heteroatoms. The fourth-order valence-electron chi connectivity index (χ4n) is 1.48. The van der Waals surface area contributed by atoms with E-state index in [9.17, 15) is 0 Å². The SMILES string of the molecule is C#CC(NCCC)c1ccc(SCC)cc1. The number of benzene rings is 1. The van der Waals surface area contributed by atoms with Gasteiger partial charge in [-0.05, 0) is 36.4 Å². The van der Waals surface area contributed by atoms with Crippen LogP contribution in [0.2, 0.25) is 0 Å². The maximum Gasteiger partial charge on any atom is 0.0943 e. The van der Waals surface area contributed by atoms with Gasteiger partial charge in [-0.3, -0.25) is 0 Å². The Hall–Kier alpha value is -0.910. The van der Waals surface area contributed by atoms with E-state index < -0.39 is 0 Å². The summed E-state index contributed by atoms with van der Waals surface area (Å²) < 4.78 is 0. The summed E-state index contributed by atoms with van der Waals surface area (Å²) in [4.78, 5) is 1.30. The van der Waals surface area contributed by atoms with E-state index in [4.69, 9.17) is 6.42 Å². The van der Waals surface area contributed by atoms with Crippen LogP contribution in [0.15, 0.2) is 29.2 Å². The molecule has 86 valence electrons. The molecule has 0 aliphatic carbocycles. The van der Waals surface area contributed by atoms with Gasteiger partial charge < -0.3 is 5.32 Å². The Morgan fingerprint density at radius 3 is 2.50 bits per heavy atom. The molecular formula is C14H19NS. The van der Waals surface area contributed by atoms with Gasteiger partial charge >= 0.3 is 0 Å². The molecular weight excluding hydrogens is 214 g/mol. The Balaban J connectivity index is 2.67. The average Bonchev–Trinajstić information content (AvgIpc) is 2.32. The molecule has 0 radical (unpaired) electrons. The van der Waals surface area contributed by atoms with Crippen molar-refractivity contribution >= 4 is 11.8 Å². The van der Waals surface area contributed by atoms with Crippen molar-refractivity contribution in [3.8, 4) is 12.3 Å². The van der Waals surface area contributed by atoms with E-state index in [1.807, 2.05) is 11.8 Å². The monoisotopic (exact) mass is 233 g/mol. The quantitative estimate of drug-likeness (QED) is 0.596. The molecule has 0 bridgehead atoms. The minimum atomic E-state index is 0.0422. The Morgan fingerprint density at radius 2 is 2.00 bits per heavy atom. The Labute approximate surface area is 103 Å². The summed E-state index contributed by atoms with van der Waals surface area (Å²) in [5.41, 5.74) is 1.18. The first-order chi connectivity index (χ1) is 7.81. The molecule has 0 spiro atoms. The van der Waals surface area contributed by atoms with Gasteiger partial charge in [-0.1, -0.05) is 31.9 Å². The highest BCUT2D eigenvalue weighted by atomic mass is 32.2. The third kappa shape index (κ3) is 3.92. The zero-order valence-electron chi connectivity index (χ0n) is 9.99. The second-order valence-corrected chi connectivity index (χ2v) is 4.89. The molecule has 0 fully saturated rings. The molecule has 1 aromatic carbocycles. The number of hydrogen-bond acceptors (Lipinski definition) is 2. The Morgan fingerprint density at radius 1 is 1.31 bits per heavy atom. The number of terminal acetylenes is 1. The van der Waals surface area contributed by atoms with Crippen molar-refractivity contribution in [3.05, 3.63) is 29.8 Å².